The molecule has 3 rings (SSSR count). The molecule has 0 aliphatic carbocycles. The molecule has 164 valence electrons. The van der Waals surface area contributed by atoms with E-state index in [1.807, 2.05) is 13.1 Å². The number of hydrogen-bond donors (Lipinski definition) is 1. The van der Waals surface area contributed by atoms with E-state index in [1.54, 1.807) is 0 Å². The molecule has 1 aromatic rings. The lowest BCUT2D eigenvalue weighted by molar-refractivity contribution is 0.0906. The minimum atomic E-state index is 0. The van der Waals surface area contributed by atoms with E-state index in [9.17, 15) is 0 Å². The molecule has 0 aromatic heterocycles. The minimum Gasteiger partial charge on any atom is -0.376 e. The third kappa shape index (κ3) is 8.03. The minimum absolute atomic E-state index is 0. The Balaban J connectivity index is 0.00000300. The zero-order chi connectivity index (χ0) is 19.6. The zero-order valence-corrected chi connectivity index (χ0v) is 20.4. The van der Waals surface area contributed by atoms with Gasteiger partial charge in [-0.1, -0.05) is 37.3 Å². The van der Waals surface area contributed by atoms with Crippen molar-refractivity contribution >= 4 is 29.9 Å². The molecule has 2 aliphatic rings. The van der Waals surface area contributed by atoms with Crippen molar-refractivity contribution in [2.45, 2.75) is 20.0 Å². The number of ether oxygens (including phenoxy) is 1. The Kier molecular flexibility index (Phi) is 11.3. The van der Waals surface area contributed by atoms with Crippen molar-refractivity contribution in [2.75, 3.05) is 72.6 Å². The summed E-state index contributed by atoms with van der Waals surface area (Å²) in [6.45, 7) is 13.8. The van der Waals surface area contributed by atoms with Gasteiger partial charge in [0.1, 0.15) is 0 Å². The van der Waals surface area contributed by atoms with E-state index in [0.717, 1.165) is 38.7 Å². The van der Waals surface area contributed by atoms with E-state index < -0.39 is 0 Å². The predicted octanol–water partition coefficient (Wildman–Crippen LogP) is 2.36. The van der Waals surface area contributed by atoms with Crippen LogP contribution in [0.25, 0.3) is 0 Å². The molecule has 29 heavy (non-hydrogen) atoms. The van der Waals surface area contributed by atoms with E-state index >= 15 is 0 Å². The summed E-state index contributed by atoms with van der Waals surface area (Å²) in [5, 5.41) is 3.57. The van der Waals surface area contributed by atoms with Gasteiger partial charge in [0.15, 0.2) is 5.96 Å². The van der Waals surface area contributed by atoms with Gasteiger partial charge in [-0.2, -0.15) is 0 Å². The van der Waals surface area contributed by atoms with Crippen molar-refractivity contribution in [3.05, 3.63) is 35.9 Å². The van der Waals surface area contributed by atoms with Crippen LogP contribution in [0.5, 0.6) is 0 Å². The summed E-state index contributed by atoms with van der Waals surface area (Å²) in [7, 11) is 1.89. The molecular weight excluding hydrogens is 477 g/mol. The molecule has 0 amide bonds. The highest BCUT2D eigenvalue weighted by Gasteiger charge is 2.25. The predicted molar refractivity (Wildman–Crippen MR) is 131 cm³/mol. The third-order valence-electron chi connectivity index (χ3n) is 5.89. The van der Waals surface area contributed by atoms with E-state index in [2.05, 4.69) is 56.2 Å². The smallest absolute Gasteiger partial charge is 0.193 e. The molecule has 2 fully saturated rings. The Morgan fingerprint density at radius 1 is 1.10 bits per heavy atom. The number of likely N-dealkylation sites (N-methyl/N-ethyl adjacent to an activating group) is 1. The van der Waals surface area contributed by atoms with Gasteiger partial charge >= 0.3 is 0 Å². The number of likely N-dealkylation sites (tertiary alicyclic amines) is 1. The van der Waals surface area contributed by atoms with Crippen LogP contribution in [-0.4, -0.2) is 93.2 Å². The van der Waals surface area contributed by atoms with Gasteiger partial charge < -0.3 is 19.9 Å². The van der Waals surface area contributed by atoms with Crippen molar-refractivity contribution < 1.29 is 4.74 Å². The first-order chi connectivity index (χ1) is 13.8. The second-order valence-electron chi connectivity index (χ2n) is 7.85. The first kappa shape index (κ1) is 24.4. The molecule has 1 unspecified atom stereocenters. The SMILES string of the molecule is CCN1CCN(CCNC(=NC)N2CCC(COCc3ccccc3)C2)CC1.I. The molecule has 2 saturated heterocycles. The molecule has 1 atom stereocenters. The maximum atomic E-state index is 5.95. The number of nitrogens with one attached hydrogen (secondary N) is 1. The summed E-state index contributed by atoms with van der Waals surface area (Å²) in [6, 6.07) is 10.4. The lowest BCUT2D eigenvalue weighted by Crippen LogP contribution is -2.49. The van der Waals surface area contributed by atoms with E-state index in [0.29, 0.717) is 12.5 Å². The van der Waals surface area contributed by atoms with Crippen LogP contribution in [0.2, 0.25) is 0 Å². The summed E-state index contributed by atoms with van der Waals surface area (Å²) in [6.07, 6.45) is 1.18. The topological polar surface area (TPSA) is 43.3 Å². The van der Waals surface area contributed by atoms with Gasteiger partial charge in [-0.05, 0) is 18.5 Å². The quantitative estimate of drug-likeness (QED) is 0.327. The molecule has 1 aromatic carbocycles. The molecule has 0 spiro atoms. The van der Waals surface area contributed by atoms with Crippen molar-refractivity contribution in [3.8, 4) is 0 Å². The molecule has 0 radical (unpaired) electrons. The number of piperazine rings is 1. The van der Waals surface area contributed by atoms with Crippen LogP contribution >= 0.6 is 24.0 Å². The lowest BCUT2D eigenvalue weighted by Gasteiger charge is -2.34. The summed E-state index contributed by atoms with van der Waals surface area (Å²) < 4.78 is 5.95. The largest absolute Gasteiger partial charge is 0.376 e. The average molecular weight is 515 g/mol. The first-order valence-corrected chi connectivity index (χ1v) is 10.8. The Morgan fingerprint density at radius 3 is 2.52 bits per heavy atom. The van der Waals surface area contributed by atoms with Crippen molar-refractivity contribution in [1.29, 1.82) is 0 Å². The third-order valence-corrected chi connectivity index (χ3v) is 5.89. The van der Waals surface area contributed by atoms with Crippen LogP contribution in [0.3, 0.4) is 0 Å². The number of nitrogens with zero attached hydrogens (tertiary/aromatic N) is 4. The average Bonchev–Trinajstić information content (AvgIpc) is 3.21. The number of hydrogen-bond acceptors (Lipinski definition) is 4. The lowest BCUT2D eigenvalue weighted by atomic mass is 10.1. The van der Waals surface area contributed by atoms with Gasteiger partial charge in [0.2, 0.25) is 0 Å². The normalized spacial score (nSPS) is 21.2. The van der Waals surface area contributed by atoms with Crippen LogP contribution in [0.1, 0.15) is 18.9 Å². The summed E-state index contributed by atoms with van der Waals surface area (Å²) >= 11 is 0. The maximum absolute atomic E-state index is 5.95. The van der Waals surface area contributed by atoms with Gasteiger partial charge in [0.25, 0.3) is 0 Å². The highest BCUT2D eigenvalue weighted by molar-refractivity contribution is 14.0. The highest BCUT2D eigenvalue weighted by Crippen LogP contribution is 2.17. The second kappa shape index (κ2) is 13.4. The molecular formula is C22H38IN5O. The van der Waals surface area contributed by atoms with Gasteiger partial charge in [-0.25, -0.2) is 0 Å². The molecule has 1 N–H and O–H groups in total. The van der Waals surface area contributed by atoms with Crippen molar-refractivity contribution in [1.82, 2.24) is 20.0 Å². The Bertz CT molecular complexity index is 592. The number of halogens is 1. The highest BCUT2D eigenvalue weighted by atomic mass is 127. The molecule has 0 saturated carbocycles. The van der Waals surface area contributed by atoms with Crippen LogP contribution in [0, 0.1) is 5.92 Å². The van der Waals surface area contributed by atoms with Crippen molar-refractivity contribution in [3.63, 3.8) is 0 Å². The van der Waals surface area contributed by atoms with E-state index in [-0.39, 0.29) is 24.0 Å². The zero-order valence-electron chi connectivity index (χ0n) is 18.1. The summed E-state index contributed by atoms with van der Waals surface area (Å²) in [4.78, 5) is 12.0. The Morgan fingerprint density at radius 2 is 1.83 bits per heavy atom. The molecule has 2 heterocycles. The fraction of sp³-hybridized carbons (Fsp3) is 0.682. The van der Waals surface area contributed by atoms with Crippen LogP contribution in [0.4, 0.5) is 0 Å². The molecule has 2 aliphatic heterocycles. The molecule has 7 heteroatoms. The van der Waals surface area contributed by atoms with Crippen LogP contribution in [-0.2, 0) is 11.3 Å². The van der Waals surface area contributed by atoms with Crippen LogP contribution in [0.15, 0.2) is 35.3 Å². The van der Waals surface area contributed by atoms with Crippen molar-refractivity contribution in [2.24, 2.45) is 10.9 Å². The number of aliphatic imine (C=N–C) groups is 1. The number of benzene rings is 1. The Labute approximate surface area is 193 Å². The summed E-state index contributed by atoms with van der Waals surface area (Å²) in [5.41, 5.74) is 1.24. The van der Waals surface area contributed by atoms with E-state index in [4.69, 9.17) is 4.74 Å². The molecule has 6 nitrogen and oxygen atoms in total. The number of rotatable bonds is 8. The fourth-order valence-corrected chi connectivity index (χ4v) is 4.07. The maximum Gasteiger partial charge on any atom is 0.193 e. The van der Waals surface area contributed by atoms with Gasteiger partial charge in [0.05, 0.1) is 13.2 Å². The number of guanidine groups is 1. The van der Waals surface area contributed by atoms with Gasteiger partial charge in [-0.3, -0.25) is 9.89 Å². The monoisotopic (exact) mass is 515 g/mol. The van der Waals surface area contributed by atoms with E-state index in [1.165, 1.54) is 44.7 Å². The second-order valence-corrected chi connectivity index (χ2v) is 7.85. The summed E-state index contributed by atoms with van der Waals surface area (Å²) in [5.74, 6) is 1.63. The fourth-order valence-electron chi connectivity index (χ4n) is 4.07. The first-order valence-electron chi connectivity index (χ1n) is 10.8. The standard InChI is InChI=1S/C22H37N5O.HI/c1-3-25-13-15-26(16-14-25)12-10-24-22(23-2)27-11-9-21(17-27)19-28-18-20-7-5-4-6-8-20;/h4-8,21H,3,9-19H2,1-2H3,(H,23,24);1H. The molecule has 0 bridgehead atoms. The Hall–Kier alpha value is -0.900. The van der Waals surface area contributed by atoms with Gasteiger partial charge in [-0.15, -0.1) is 24.0 Å². The van der Waals surface area contributed by atoms with Gasteiger partial charge in [0, 0.05) is 65.3 Å². The van der Waals surface area contributed by atoms with Crippen LogP contribution < -0.4 is 5.32 Å².